The number of aromatic hydroxyl groups is 1. The molecular weight excluding hydrogens is 405 g/mol. The predicted molar refractivity (Wildman–Crippen MR) is 112 cm³/mol. The zero-order valence-corrected chi connectivity index (χ0v) is 17.6. The molecule has 9 heteroatoms. The van der Waals surface area contributed by atoms with E-state index < -0.39 is 29.8 Å². The molecule has 164 valence electrons. The van der Waals surface area contributed by atoms with Crippen LogP contribution in [0, 0.1) is 5.82 Å². The number of nitrogens with one attached hydrogen (secondary N) is 1. The summed E-state index contributed by atoms with van der Waals surface area (Å²) in [6.45, 7) is 5.09. The fourth-order valence-corrected chi connectivity index (χ4v) is 3.19. The lowest BCUT2D eigenvalue weighted by Gasteiger charge is -2.24. The molecule has 31 heavy (non-hydrogen) atoms. The van der Waals surface area contributed by atoms with Crippen molar-refractivity contribution in [2.24, 2.45) is 0 Å². The van der Waals surface area contributed by atoms with E-state index in [2.05, 4.69) is 10.3 Å². The van der Waals surface area contributed by atoms with Crippen molar-refractivity contribution in [1.29, 1.82) is 0 Å². The van der Waals surface area contributed by atoms with E-state index >= 15 is 0 Å². The number of nitrogens with zero attached hydrogens (tertiary/aromatic N) is 2. The number of aromatic nitrogens is 2. The monoisotopic (exact) mass is 429 g/mol. The van der Waals surface area contributed by atoms with Crippen molar-refractivity contribution in [2.75, 3.05) is 7.11 Å². The highest BCUT2D eigenvalue weighted by molar-refractivity contribution is 5.97. The largest absolute Gasteiger partial charge is 0.503 e. The van der Waals surface area contributed by atoms with Crippen molar-refractivity contribution in [3.05, 3.63) is 54.2 Å². The third kappa shape index (κ3) is 4.60. The summed E-state index contributed by atoms with van der Waals surface area (Å²) in [5, 5.41) is 13.3. The predicted octanol–water partition coefficient (Wildman–Crippen LogP) is 3.20. The molecule has 0 spiro atoms. The van der Waals surface area contributed by atoms with Crippen molar-refractivity contribution in [2.45, 2.75) is 39.0 Å². The summed E-state index contributed by atoms with van der Waals surface area (Å²) in [5.74, 6) is -2.02. The molecule has 1 aromatic carbocycles. The summed E-state index contributed by atoms with van der Waals surface area (Å²) in [7, 11) is 1.35. The van der Waals surface area contributed by atoms with Crippen LogP contribution in [0.15, 0.2) is 42.7 Å². The number of esters is 1. The zero-order chi connectivity index (χ0) is 22.7. The quantitative estimate of drug-likeness (QED) is 0.559. The Hall–Kier alpha value is -3.62. The van der Waals surface area contributed by atoms with Crippen molar-refractivity contribution in [3.63, 3.8) is 0 Å². The van der Waals surface area contributed by atoms with Gasteiger partial charge in [-0.1, -0.05) is 0 Å². The molecule has 0 aliphatic rings. The number of rotatable bonds is 7. The zero-order valence-electron chi connectivity index (χ0n) is 17.6. The number of benzene rings is 1. The molecule has 3 aromatic rings. The van der Waals surface area contributed by atoms with Gasteiger partial charge in [0, 0.05) is 29.4 Å². The van der Waals surface area contributed by atoms with Crippen LogP contribution in [0.2, 0.25) is 0 Å². The molecule has 8 nitrogen and oxygen atoms in total. The Labute approximate surface area is 178 Å². The van der Waals surface area contributed by atoms with Crippen LogP contribution in [0.25, 0.3) is 10.9 Å². The summed E-state index contributed by atoms with van der Waals surface area (Å²) in [4.78, 5) is 28.7. The van der Waals surface area contributed by atoms with Crippen LogP contribution < -0.4 is 10.1 Å². The first kappa shape index (κ1) is 22.1. The first-order chi connectivity index (χ1) is 14.7. The number of halogens is 1. The average molecular weight is 429 g/mol. The Morgan fingerprint density at radius 2 is 1.94 bits per heavy atom. The van der Waals surface area contributed by atoms with Crippen molar-refractivity contribution < 1.29 is 28.6 Å². The number of ether oxygens (including phenoxy) is 2. The molecule has 0 fully saturated rings. The van der Waals surface area contributed by atoms with E-state index in [-0.39, 0.29) is 23.3 Å². The number of methoxy groups -OCH3 is 1. The number of amides is 1. The summed E-state index contributed by atoms with van der Waals surface area (Å²) in [6, 6.07) is 6.47. The molecule has 0 radical (unpaired) electrons. The van der Waals surface area contributed by atoms with Crippen LogP contribution >= 0.6 is 0 Å². The Balaban J connectivity index is 1.65. The minimum atomic E-state index is -0.981. The van der Waals surface area contributed by atoms with Crippen LogP contribution in [0.4, 0.5) is 4.39 Å². The van der Waals surface area contributed by atoms with E-state index in [4.69, 9.17) is 9.47 Å². The lowest BCUT2D eigenvalue weighted by Crippen LogP contribution is -2.41. The number of hydrogen-bond donors (Lipinski definition) is 2. The van der Waals surface area contributed by atoms with Crippen LogP contribution in [-0.4, -0.2) is 45.8 Å². The topological polar surface area (TPSA) is 103 Å². The van der Waals surface area contributed by atoms with E-state index in [0.717, 1.165) is 10.9 Å². The number of carbonyl (C=O) groups excluding carboxylic acids is 2. The lowest BCUT2D eigenvalue weighted by atomic mass is 10.2. The molecule has 0 aliphatic heterocycles. The van der Waals surface area contributed by atoms with Gasteiger partial charge in [-0.05, 0) is 45.0 Å². The van der Waals surface area contributed by atoms with Gasteiger partial charge in [0.25, 0.3) is 5.91 Å². The van der Waals surface area contributed by atoms with Gasteiger partial charge >= 0.3 is 5.97 Å². The van der Waals surface area contributed by atoms with Gasteiger partial charge in [0.2, 0.25) is 0 Å². The standard InChI is InChI=1S/C22H24FN3O5/c1-12(25-21(28)19-20(27)18(30-4)7-9-24-19)22(29)31-14(3)13(2)26-10-8-15-11-16(23)5-6-17(15)26/h5-14,27H,1-4H3,(H,25,28)/t12-,13?,14?/m0/s1. The third-order valence-corrected chi connectivity index (χ3v) is 5.13. The Bertz CT molecular complexity index is 1110. The molecule has 2 heterocycles. The van der Waals surface area contributed by atoms with Gasteiger partial charge in [0.1, 0.15) is 18.0 Å². The molecule has 1 amide bonds. The molecule has 0 saturated carbocycles. The van der Waals surface area contributed by atoms with Crippen molar-refractivity contribution in [3.8, 4) is 11.5 Å². The summed E-state index contributed by atoms with van der Waals surface area (Å²) < 4.78 is 25.8. The van der Waals surface area contributed by atoms with Gasteiger partial charge in [-0.3, -0.25) is 4.79 Å². The molecule has 3 rings (SSSR count). The third-order valence-electron chi connectivity index (χ3n) is 5.13. The second-order valence-electron chi connectivity index (χ2n) is 7.21. The minimum Gasteiger partial charge on any atom is -0.503 e. The maximum atomic E-state index is 13.4. The average Bonchev–Trinajstić information content (AvgIpc) is 3.15. The first-order valence-corrected chi connectivity index (χ1v) is 9.72. The van der Waals surface area contributed by atoms with Gasteiger partial charge in [0.15, 0.2) is 17.2 Å². The Morgan fingerprint density at radius 3 is 2.65 bits per heavy atom. The number of fused-ring (bicyclic) bond motifs is 1. The van der Waals surface area contributed by atoms with E-state index in [0.29, 0.717) is 0 Å². The fraction of sp³-hybridized carbons (Fsp3) is 0.318. The number of hydrogen-bond acceptors (Lipinski definition) is 6. The molecule has 2 unspecified atom stereocenters. The highest BCUT2D eigenvalue weighted by atomic mass is 19.1. The van der Waals surface area contributed by atoms with Crippen molar-refractivity contribution >= 4 is 22.8 Å². The second-order valence-corrected chi connectivity index (χ2v) is 7.21. The Morgan fingerprint density at radius 1 is 1.19 bits per heavy atom. The van der Waals surface area contributed by atoms with Gasteiger partial charge < -0.3 is 24.5 Å². The number of pyridine rings is 1. The van der Waals surface area contributed by atoms with Crippen LogP contribution in [0.3, 0.4) is 0 Å². The maximum Gasteiger partial charge on any atom is 0.328 e. The lowest BCUT2D eigenvalue weighted by molar-refractivity contribution is -0.151. The summed E-state index contributed by atoms with van der Waals surface area (Å²) in [6.07, 6.45) is 2.59. The van der Waals surface area contributed by atoms with E-state index in [9.17, 15) is 19.1 Å². The van der Waals surface area contributed by atoms with E-state index in [1.54, 1.807) is 19.1 Å². The fourth-order valence-electron chi connectivity index (χ4n) is 3.19. The number of carbonyl (C=O) groups is 2. The molecule has 2 N–H and O–H groups in total. The maximum absolute atomic E-state index is 13.4. The minimum absolute atomic E-state index is 0.0941. The van der Waals surface area contributed by atoms with E-state index in [1.807, 2.05) is 17.7 Å². The van der Waals surface area contributed by atoms with Crippen molar-refractivity contribution in [1.82, 2.24) is 14.9 Å². The molecule has 0 aliphatic carbocycles. The SMILES string of the molecule is COc1ccnc(C(=O)N[C@@H](C)C(=O)OC(C)C(C)n2ccc3cc(F)ccc32)c1O. The van der Waals surface area contributed by atoms with Crippen LogP contribution in [-0.2, 0) is 9.53 Å². The summed E-state index contributed by atoms with van der Waals surface area (Å²) >= 11 is 0. The highest BCUT2D eigenvalue weighted by Gasteiger charge is 2.26. The van der Waals surface area contributed by atoms with Crippen LogP contribution in [0.1, 0.15) is 37.3 Å². The second kappa shape index (κ2) is 9.03. The molecule has 0 bridgehead atoms. The Kier molecular flexibility index (Phi) is 6.43. The normalized spacial score (nSPS) is 14.0. The van der Waals surface area contributed by atoms with Gasteiger partial charge in [-0.2, -0.15) is 0 Å². The highest BCUT2D eigenvalue weighted by Crippen LogP contribution is 2.27. The van der Waals surface area contributed by atoms with Gasteiger partial charge in [-0.15, -0.1) is 0 Å². The molecule has 3 atom stereocenters. The molecule has 0 saturated heterocycles. The first-order valence-electron chi connectivity index (χ1n) is 9.72. The van der Waals surface area contributed by atoms with Gasteiger partial charge in [0.05, 0.1) is 13.2 Å². The molecule has 2 aromatic heterocycles. The van der Waals surface area contributed by atoms with Gasteiger partial charge in [-0.25, -0.2) is 14.2 Å². The van der Waals surface area contributed by atoms with Crippen LogP contribution in [0.5, 0.6) is 11.5 Å². The summed E-state index contributed by atoms with van der Waals surface area (Å²) in [5.41, 5.74) is 0.559. The smallest absolute Gasteiger partial charge is 0.328 e. The molecular formula is C22H24FN3O5. The van der Waals surface area contributed by atoms with E-state index in [1.165, 1.54) is 38.4 Å².